The van der Waals surface area contributed by atoms with Crippen molar-refractivity contribution in [2.24, 2.45) is 0 Å². The molecule has 0 aliphatic rings. The third-order valence-corrected chi connectivity index (χ3v) is 2.18. The van der Waals surface area contributed by atoms with Crippen LogP contribution in [-0.4, -0.2) is 17.6 Å². The number of hydrogen-bond donors (Lipinski definition) is 2. The van der Waals surface area contributed by atoms with Crippen LogP contribution in [0.3, 0.4) is 0 Å². The van der Waals surface area contributed by atoms with Crippen molar-refractivity contribution in [3.8, 4) is 6.07 Å². The average molecular weight is 258 g/mol. The number of H-pyrrole nitrogens is 1. The van der Waals surface area contributed by atoms with Crippen LogP contribution in [0.25, 0.3) is 0 Å². The molecule has 6 heteroatoms. The van der Waals surface area contributed by atoms with Crippen LogP contribution in [0.4, 0.5) is 5.69 Å². The van der Waals surface area contributed by atoms with E-state index in [-0.39, 0.29) is 23.6 Å². The van der Waals surface area contributed by atoms with Gasteiger partial charge in [-0.05, 0) is 22.9 Å². The Kier molecular flexibility index (Phi) is 3.14. The van der Waals surface area contributed by atoms with E-state index in [1.165, 1.54) is 0 Å². The highest BCUT2D eigenvalue weighted by atomic mass is 79.9. The van der Waals surface area contributed by atoms with E-state index in [9.17, 15) is 4.79 Å². The Morgan fingerprint density at radius 2 is 2.43 bits per heavy atom. The number of nitrogens with one attached hydrogen (secondary N) is 1. The number of anilines is 1. The van der Waals surface area contributed by atoms with Crippen LogP contribution in [0.2, 0.25) is 0 Å². The predicted octanol–water partition coefficient (Wildman–Crippen LogP) is 1.41. The summed E-state index contributed by atoms with van der Waals surface area (Å²) in [5.41, 5.74) is 5.99. The number of nitrogen functional groups attached to an aromatic ring is 1. The van der Waals surface area contributed by atoms with Crippen molar-refractivity contribution in [2.45, 2.75) is 6.92 Å². The van der Waals surface area contributed by atoms with E-state index in [4.69, 9.17) is 15.7 Å². The van der Waals surface area contributed by atoms with Crippen LogP contribution in [0.5, 0.6) is 0 Å². The fourth-order valence-corrected chi connectivity index (χ4v) is 1.46. The number of ether oxygens (including phenoxy) is 1. The summed E-state index contributed by atoms with van der Waals surface area (Å²) in [7, 11) is 0. The van der Waals surface area contributed by atoms with Gasteiger partial charge in [-0.1, -0.05) is 0 Å². The Labute approximate surface area is 89.0 Å². The lowest BCUT2D eigenvalue weighted by atomic mass is 10.3. The van der Waals surface area contributed by atoms with Gasteiger partial charge < -0.3 is 15.5 Å². The van der Waals surface area contributed by atoms with Gasteiger partial charge in [-0.3, -0.25) is 0 Å². The summed E-state index contributed by atoms with van der Waals surface area (Å²) in [4.78, 5) is 13.9. The van der Waals surface area contributed by atoms with Gasteiger partial charge in [0.15, 0.2) is 5.69 Å². The average Bonchev–Trinajstić information content (AvgIpc) is 2.42. The monoisotopic (exact) mass is 257 g/mol. The Hall–Kier alpha value is -1.48. The number of halogens is 1. The molecular weight excluding hydrogens is 250 g/mol. The van der Waals surface area contributed by atoms with Gasteiger partial charge in [-0.15, -0.1) is 0 Å². The minimum absolute atomic E-state index is 0.107. The first kappa shape index (κ1) is 10.6. The van der Waals surface area contributed by atoms with E-state index >= 15 is 0 Å². The number of hydrogen-bond acceptors (Lipinski definition) is 4. The maximum Gasteiger partial charge on any atom is 0.356 e. The smallest absolute Gasteiger partial charge is 0.356 e. The lowest BCUT2D eigenvalue weighted by Gasteiger charge is -1.99. The van der Waals surface area contributed by atoms with E-state index in [0.717, 1.165) is 0 Å². The van der Waals surface area contributed by atoms with E-state index < -0.39 is 5.97 Å². The Morgan fingerprint density at radius 3 is 2.86 bits per heavy atom. The molecule has 1 heterocycles. The third-order valence-electron chi connectivity index (χ3n) is 1.58. The van der Waals surface area contributed by atoms with Crippen LogP contribution in [-0.2, 0) is 4.74 Å². The molecule has 1 rings (SSSR count). The van der Waals surface area contributed by atoms with Crippen molar-refractivity contribution in [2.75, 3.05) is 12.3 Å². The van der Waals surface area contributed by atoms with Crippen LogP contribution in [0, 0.1) is 11.3 Å². The topological polar surface area (TPSA) is 91.9 Å². The minimum atomic E-state index is -0.563. The molecule has 5 nitrogen and oxygen atoms in total. The van der Waals surface area contributed by atoms with E-state index in [1.807, 2.05) is 6.07 Å². The minimum Gasteiger partial charge on any atom is -0.461 e. The summed E-state index contributed by atoms with van der Waals surface area (Å²) in [6.07, 6.45) is 0. The SMILES string of the molecule is CCOC(=O)c1[nH]c(Br)c(C#N)c1N. The van der Waals surface area contributed by atoms with Crippen molar-refractivity contribution in [1.29, 1.82) is 5.26 Å². The number of rotatable bonds is 2. The Morgan fingerprint density at radius 1 is 1.79 bits per heavy atom. The maximum atomic E-state index is 11.3. The molecule has 0 fully saturated rings. The van der Waals surface area contributed by atoms with E-state index in [0.29, 0.717) is 4.60 Å². The summed E-state index contributed by atoms with van der Waals surface area (Å²) in [5, 5.41) is 8.69. The number of carbonyl (C=O) groups excluding carboxylic acids is 1. The normalized spacial score (nSPS) is 9.50. The van der Waals surface area contributed by atoms with Crippen LogP contribution in [0.1, 0.15) is 23.0 Å². The first-order chi connectivity index (χ1) is 6.61. The predicted molar refractivity (Wildman–Crippen MR) is 53.6 cm³/mol. The third kappa shape index (κ3) is 1.72. The molecule has 74 valence electrons. The zero-order valence-electron chi connectivity index (χ0n) is 7.43. The van der Waals surface area contributed by atoms with E-state index in [2.05, 4.69) is 20.9 Å². The van der Waals surface area contributed by atoms with Crippen molar-refractivity contribution in [3.63, 3.8) is 0 Å². The van der Waals surface area contributed by atoms with Crippen LogP contribution >= 0.6 is 15.9 Å². The molecule has 0 bridgehead atoms. The number of nitriles is 1. The highest BCUT2D eigenvalue weighted by Crippen LogP contribution is 2.25. The maximum absolute atomic E-state index is 11.3. The van der Waals surface area contributed by atoms with Gasteiger partial charge in [0.2, 0.25) is 0 Å². The van der Waals surface area contributed by atoms with Gasteiger partial charge in [0.25, 0.3) is 0 Å². The number of esters is 1. The number of aromatic nitrogens is 1. The molecule has 0 radical (unpaired) electrons. The van der Waals surface area contributed by atoms with Crippen molar-refractivity contribution >= 4 is 27.6 Å². The fourth-order valence-electron chi connectivity index (χ4n) is 0.956. The molecule has 1 aromatic heterocycles. The summed E-state index contributed by atoms with van der Waals surface area (Å²) >= 11 is 3.08. The molecule has 0 saturated heterocycles. The summed E-state index contributed by atoms with van der Waals surface area (Å²) < 4.78 is 5.13. The highest BCUT2D eigenvalue weighted by Gasteiger charge is 2.19. The van der Waals surface area contributed by atoms with Crippen molar-refractivity contribution in [1.82, 2.24) is 4.98 Å². The second kappa shape index (κ2) is 4.15. The fraction of sp³-hybridized carbons (Fsp3) is 0.250. The van der Waals surface area contributed by atoms with Gasteiger partial charge in [0, 0.05) is 0 Å². The quantitative estimate of drug-likeness (QED) is 0.784. The standard InChI is InChI=1S/C8H8BrN3O2/c1-2-14-8(13)6-5(11)4(3-10)7(9)12-6/h12H,2,11H2,1H3. The summed E-state index contributed by atoms with van der Waals surface area (Å²) in [6.45, 7) is 1.95. The zero-order chi connectivity index (χ0) is 10.7. The molecule has 0 aromatic carbocycles. The molecule has 0 unspecified atom stereocenters. The Bertz CT molecular complexity index is 405. The van der Waals surface area contributed by atoms with Gasteiger partial charge in [-0.2, -0.15) is 5.26 Å². The molecule has 0 aliphatic carbocycles. The number of nitrogens with two attached hydrogens (primary N) is 1. The molecule has 1 aromatic rings. The summed E-state index contributed by atoms with van der Waals surface area (Å²) in [5.74, 6) is -0.563. The van der Waals surface area contributed by atoms with E-state index in [1.54, 1.807) is 6.92 Å². The van der Waals surface area contributed by atoms with Crippen molar-refractivity contribution in [3.05, 3.63) is 15.9 Å². The number of carbonyl (C=O) groups is 1. The Balaban J connectivity index is 3.13. The largest absolute Gasteiger partial charge is 0.461 e. The zero-order valence-corrected chi connectivity index (χ0v) is 9.01. The molecule has 0 aliphatic heterocycles. The van der Waals surface area contributed by atoms with Crippen LogP contribution < -0.4 is 5.73 Å². The highest BCUT2D eigenvalue weighted by molar-refractivity contribution is 9.10. The molecule has 0 amide bonds. The number of aromatic amines is 1. The second-order valence-electron chi connectivity index (χ2n) is 2.43. The van der Waals surface area contributed by atoms with Crippen molar-refractivity contribution < 1.29 is 9.53 Å². The number of nitrogens with zero attached hydrogens (tertiary/aromatic N) is 1. The van der Waals surface area contributed by atoms with Gasteiger partial charge in [-0.25, -0.2) is 4.79 Å². The molecule has 0 atom stereocenters. The lowest BCUT2D eigenvalue weighted by molar-refractivity contribution is 0.0521. The lowest BCUT2D eigenvalue weighted by Crippen LogP contribution is -2.07. The summed E-state index contributed by atoms with van der Waals surface area (Å²) in [6, 6.07) is 1.87. The first-order valence-electron chi connectivity index (χ1n) is 3.86. The molecule has 0 saturated carbocycles. The van der Waals surface area contributed by atoms with Crippen LogP contribution in [0.15, 0.2) is 4.60 Å². The molecular formula is C8H8BrN3O2. The van der Waals surface area contributed by atoms with Gasteiger partial charge in [0.05, 0.1) is 12.3 Å². The molecule has 14 heavy (non-hydrogen) atoms. The molecule has 0 spiro atoms. The first-order valence-corrected chi connectivity index (χ1v) is 4.65. The molecule has 3 N–H and O–H groups in total. The van der Waals surface area contributed by atoms with Gasteiger partial charge >= 0.3 is 5.97 Å². The second-order valence-corrected chi connectivity index (χ2v) is 3.23. The van der Waals surface area contributed by atoms with Gasteiger partial charge in [0.1, 0.15) is 16.2 Å².